The van der Waals surface area contributed by atoms with Crippen LogP contribution in [0.3, 0.4) is 0 Å². The Hall–Kier alpha value is -0.820. The Balaban J connectivity index is 2.38. The monoisotopic (exact) mass is 350 g/mol. The van der Waals surface area contributed by atoms with Crippen molar-refractivity contribution in [3.63, 3.8) is 0 Å². The van der Waals surface area contributed by atoms with Crippen LogP contribution in [0.1, 0.15) is 16.8 Å². The zero-order valence-corrected chi connectivity index (χ0v) is 13.8. The van der Waals surface area contributed by atoms with Gasteiger partial charge in [-0.25, -0.2) is 8.42 Å². The number of nitrogens with zero attached hydrogens (tertiary/aromatic N) is 1. The molecule has 1 saturated heterocycles. The number of amides is 1. The molecule has 1 aromatic carbocycles. The highest BCUT2D eigenvalue weighted by Gasteiger charge is 2.28. The molecule has 8 heteroatoms. The molecule has 1 atom stereocenters. The Morgan fingerprint density at radius 2 is 2.05 bits per heavy atom. The third kappa shape index (κ3) is 3.51. The summed E-state index contributed by atoms with van der Waals surface area (Å²) in [5.41, 5.74) is 5.76. The number of carbonyl (C=O) groups is 1. The lowest BCUT2D eigenvalue weighted by Gasteiger charge is -2.18. The molecule has 1 unspecified atom stereocenters. The van der Waals surface area contributed by atoms with Crippen molar-refractivity contribution in [2.24, 2.45) is 11.7 Å². The Kier molecular flexibility index (Phi) is 4.82. The molecule has 0 bridgehead atoms. The van der Waals surface area contributed by atoms with Gasteiger partial charge in [0.2, 0.25) is 0 Å². The van der Waals surface area contributed by atoms with Crippen LogP contribution in [-0.4, -0.2) is 45.1 Å². The van der Waals surface area contributed by atoms with E-state index in [1.807, 2.05) is 0 Å². The van der Waals surface area contributed by atoms with Crippen LogP contribution in [0.2, 0.25) is 10.0 Å². The highest BCUT2D eigenvalue weighted by Crippen LogP contribution is 2.30. The van der Waals surface area contributed by atoms with Gasteiger partial charge < -0.3 is 10.6 Å². The van der Waals surface area contributed by atoms with E-state index in [1.54, 1.807) is 4.90 Å². The van der Waals surface area contributed by atoms with Crippen molar-refractivity contribution in [1.29, 1.82) is 0 Å². The van der Waals surface area contributed by atoms with E-state index in [0.717, 1.165) is 12.7 Å². The average Bonchev–Trinajstić information content (AvgIpc) is 2.85. The maximum absolute atomic E-state index is 12.5. The molecule has 1 fully saturated rings. The van der Waals surface area contributed by atoms with Crippen LogP contribution in [0.25, 0.3) is 0 Å². The van der Waals surface area contributed by atoms with Crippen LogP contribution in [0, 0.1) is 5.92 Å². The fourth-order valence-electron chi connectivity index (χ4n) is 2.36. The number of rotatable bonds is 3. The van der Waals surface area contributed by atoms with Crippen molar-refractivity contribution in [3.05, 3.63) is 27.7 Å². The van der Waals surface area contributed by atoms with Crippen LogP contribution >= 0.6 is 23.2 Å². The minimum absolute atomic E-state index is 0.0142. The van der Waals surface area contributed by atoms with E-state index in [9.17, 15) is 13.2 Å². The van der Waals surface area contributed by atoms with Crippen molar-refractivity contribution < 1.29 is 13.2 Å². The molecule has 1 aliphatic heterocycles. The van der Waals surface area contributed by atoms with Crippen LogP contribution in [0.4, 0.5) is 0 Å². The molecule has 0 aromatic heterocycles. The summed E-state index contributed by atoms with van der Waals surface area (Å²) in [6.45, 7) is 1.67. The highest BCUT2D eigenvalue weighted by atomic mass is 35.5. The molecule has 21 heavy (non-hydrogen) atoms. The summed E-state index contributed by atoms with van der Waals surface area (Å²) in [5.74, 6) is -0.0214. The third-order valence-corrected chi connectivity index (χ3v) is 5.43. The highest BCUT2D eigenvalue weighted by molar-refractivity contribution is 7.90. The molecule has 2 N–H and O–H groups in total. The van der Waals surface area contributed by atoms with E-state index in [0.29, 0.717) is 19.6 Å². The second kappa shape index (κ2) is 6.12. The molecule has 1 aromatic rings. The lowest BCUT2D eigenvalue weighted by atomic mass is 10.1. The van der Waals surface area contributed by atoms with Gasteiger partial charge in [0, 0.05) is 19.3 Å². The van der Waals surface area contributed by atoms with Crippen molar-refractivity contribution in [2.45, 2.75) is 11.3 Å². The van der Waals surface area contributed by atoms with Gasteiger partial charge in [0.15, 0.2) is 9.84 Å². The molecule has 0 aliphatic carbocycles. The van der Waals surface area contributed by atoms with Crippen LogP contribution in [0.5, 0.6) is 0 Å². The van der Waals surface area contributed by atoms with Crippen molar-refractivity contribution >= 4 is 38.9 Å². The van der Waals surface area contributed by atoms with E-state index in [4.69, 9.17) is 28.9 Å². The Morgan fingerprint density at radius 1 is 1.38 bits per heavy atom. The van der Waals surface area contributed by atoms with E-state index in [-0.39, 0.29) is 32.3 Å². The minimum atomic E-state index is -3.53. The van der Waals surface area contributed by atoms with Crippen LogP contribution in [0.15, 0.2) is 17.0 Å². The van der Waals surface area contributed by atoms with Gasteiger partial charge in [-0.3, -0.25) is 4.79 Å². The second-order valence-electron chi connectivity index (χ2n) is 5.18. The quantitative estimate of drug-likeness (QED) is 0.901. The summed E-state index contributed by atoms with van der Waals surface area (Å²) in [4.78, 5) is 14.0. The zero-order valence-electron chi connectivity index (χ0n) is 11.5. The van der Waals surface area contributed by atoms with Gasteiger partial charge in [0.25, 0.3) is 5.91 Å². The standard InChI is InChI=1S/C13H16Cl2N2O3S/c1-21(19,20)12-4-9(10(14)5-11(12)15)13(18)17-3-2-8(6-16)7-17/h4-5,8H,2-3,6-7,16H2,1H3. The van der Waals surface area contributed by atoms with Crippen molar-refractivity contribution in [2.75, 3.05) is 25.9 Å². The number of halogens is 2. The first-order valence-electron chi connectivity index (χ1n) is 6.42. The third-order valence-electron chi connectivity index (χ3n) is 3.56. The molecule has 1 aliphatic rings. The average molecular weight is 351 g/mol. The summed E-state index contributed by atoms with van der Waals surface area (Å²) in [5, 5.41) is 0.161. The SMILES string of the molecule is CS(=O)(=O)c1cc(C(=O)N2CCC(CN)C2)c(Cl)cc1Cl. The summed E-state index contributed by atoms with van der Waals surface area (Å²) < 4.78 is 23.4. The zero-order chi connectivity index (χ0) is 15.8. The van der Waals surface area contributed by atoms with Gasteiger partial charge >= 0.3 is 0 Å². The fourth-order valence-corrected chi connectivity index (χ4v) is 3.99. The molecule has 0 saturated carbocycles. The topological polar surface area (TPSA) is 80.5 Å². The Labute approximate surface area is 133 Å². The predicted molar refractivity (Wildman–Crippen MR) is 82.6 cm³/mol. The van der Waals surface area contributed by atoms with E-state index in [1.165, 1.54) is 12.1 Å². The fraction of sp³-hybridized carbons (Fsp3) is 0.462. The normalized spacial score (nSPS) is 19.0. The predicted octanol–water partition coefficient (Wildman–Crippen LogP) is 1.82. The maximum Gasteiger partial charge on any atom is 0.255 e. The molecule has 1 heterocycles. The second-order valence-corrected chi connectivity index (χ2v) is 7.97. The maximum atomic E-state index is 12.5. The number of hydrogen-bond donors (Lipinski definition) is 1. The molecule has 116 valence electrons. The first kappa shape index (κ1) is 16.5. The van der Waals surface area contributed by atoms with Crippen LogP contribution < -0.4 is 5.73 Å². The first-order chi connectivity index (χ1) is 9.74. The van der Waals surface area contributed by atoms with E-state index >= 15 is 0 Å². The van der Waals surface area contributed by atoms with Crippen LogP contribution in [-0.2, 0) is 9.84 Å². The van der Waals surface area contributed by atoms with E-state index in [2.05, 4.69) is 0 Å². The summed E-state index contributed by atoms with van der Waals surface area (Å²) in [6, 6.07) is 2.54. The summed E-state index contributed by atoms with van der Waals surface area (Å²) >= 11 is 11.9. The van der Waals surface area contributed by atoms with Gasteiger partial charge in [-0.1, -0.05) is 23.2 Å². The van der Waals surface area contributed by atoms with Gasteiger partial charge in [0.05, 0.1) is 20.5 Å². The van der Waals surface area contributed by atoms with E-state index < -0.39 is 9.84 Å². The number of sulfone groups is 1. The smallest absolute Gasteiger partial charge is 0.255 e. The minimum Gasteiger partial charge on any atom is -0.338 e. The Bertz CT molecular complexity index is 676. The molecular formula is C13H16Cl2N2O3S. The van der Waals surface area contributed by atoms with Gasteiger partial charge in [0.1, 0.15) is 0 Å². The molecule has 0 spiro atoms. The van der Waals surface area contributed by atoms with Gasteiger partial charge in [-0.2, -0.15) is 0 Å². The molecule has 1 amide bonds. The molecular weight excluding hydrogens is 335 g/mol. The number of carbonyl (C=O) groups excluding carboxylic acids is 1. The Morgan fingerprint density at radius 3 is 2.57 bits per heavy atom. The molecule has 0 radical (unpaired) electrons. The molecule has 5 nitrogen and oxygen atoms in total. The lowest BCUT2D eigenvalue weighted by Crippen LogP contribution is -2.30. The first-order valence-corrected chi connectivity index (χ1v) is 9.07. The van der Waals surface area contributed by atoms with Crippen molar-refractivity contribution in [1.82, 2.24) is 4.90 Å². The molecule has 2 rings (SSSR count). The summed E-state index contributed by atoms with van der Waals surface area (Å²) in [7, 11) is -3.53. The number of likely N-dealkylation sites (tertiary alicyclic amines) is 1. The largest absolute Gasteiger partial charge is 0.338 e. The number of hydrogen-bond acceptors (Lipinski definition) is 4. The number of nitrogens with two attached hydrogens (primary N) is 1. The van der Waals surface area contributed by atoms with Crippen molar-refractivity contribution in [3.8, 4) is 0 Å². The van der Waals surface area contributed by atoms with Gasteiger partial charge in [-0.05, 0) is 31.0 Å². The lowest BCUT2D eigenvalue weighted by molar-refractivity contribution is 0.0787. The van der Waals surface area contributed by atoms with Gasteiger partial charge in [-0.15, -0.1) is 0 Å². The number of benzene rings is 1. The summed E-state index contributed by atoms with van der Waals surface area (Å²) in [6.07, 6.45) is 1.88.